The minimum Gasteiger partial charge on any atom is -0.455 e. The third-order valence-electron chi connectivity index (χ3n) is 13.2. The fraction of sp³-hybridized carbons (Fsp3) is 0. The Morgan fingerprint density at radius 2 is 0.855 bits per heavy atom. The van der Waals surface area contributed by atoms with E-state index in [0.717, 1.165) is 89.8 Å². The van der Waals surface area contributed by atoms with Crippen molar-refractivity contribution in [2.24, 2.45) is 0 Å². The van der Waals surface area contributed by atoms with Gasteiger partial charge in [0.2, 0.25) is 0 Å². The third kappa shape index (κ3) is 6.48. The average molecular weight is 903 g/mol. The number of rotatable bonds is 6. The molecule has 2 aliphatic heterocycles. The number of aromatic nitrogens is 3. The van der Waals surface area contributed by atoms with Crippen LogP contribution < -0.4 is 14.7 Å². The van der Waals surface area contributed by atoms with Crippen LogP contribution in [0.5, 0.6) is 0 Å². The number of benzene rings is 10. The molecule has 324 valence electrons. The summed E-state index contributed by atoms with van der Waals surface area (Å²) in [4.78, 5) is 25.0. The maximum atomic E-state index is 6.48. The van der Waals surface area contributed by atoms with Gasteiger partial charge < -0.3 is 19.1 Å². The monoisotopic (exact) mass is 902 g/mol. The Morgan fingerprint density at radius 1 is 0.333 bits per heavy atom. The molecule has 0 saturated heterocycles. The highest BCUT2D eigenvalue weighted by molar-refractivity contribution is 7.99. The van der Waals surface area contributed by atoms with Crippen LogP contribution in [0.25, 0.3) is 66.9 Å². The first-order valence-electron chi connectivity index (χ1n) is 23.0. The Morgan fingerprint density at radius 3 is 1.61 bits per heavy atom. The molecule has 0 bridgehead atoms. The molecular weight excluding hydrogens is 865 g/mol. The molecule has 14 rings (SSSR count). The Bertz CT molecular complexity index is 3940. The predicted octanol–water partition coefficient (Wildman–Crippen LogP) is 17.1. The van der Waals surface area contributed by atoms with Gasteiger partial charge in [0.05, 0.1) is 39.7 Å². The van der Waals surface area contributed by atoms with Crippen LogP contribution >= 0.6 is 11.8 Å². The molecule has 0 amide bonds. The zero-order valence-electron chi connectivity index (χ0n) is 36.9. The van der Waals surface area contributed by atoms with Crippen LogP contribution in [0.15, 0.2) is 245 Å². The van der Waals surface area contributed by atoms with Crippen molar-refractivity contribution >= 4 is 95.7 Å². The first kappa shape index (κ1) is 39.2. The molecule has 7 nitrogen and oxygen atoms in total. The van der Waals surface area contributed by atoms with E-state index in [4.69, 9.17) is 19.4 Å². The molecule has 0 spiro atoms. The van der Waals surface area contributed by atoms with Crippen molar-refractivity contribution in [3.8, 4) is 34.2 Å². The number of nitrogens with zero attached hydrogens (tertiary/aromatic N) is 6. The maximum Gasteiger partial charge on any atom is 0.167 e. The molecule has 4 heterocycles. The molecule has 0 radical (unpaired) electrons. The minimum absolute atomic E-state index is 0.550. The van der Waals surface area contributed by atoms with E-state index in [1.165, 1.54) is 20.6 Å². The molecule has 0 unspecified atom stereocenters. The second kappa shape index (κ2) is 15.8. The van der Waals surface area contributed by atoms with Crippen molar-refractivity contribution in [1.29, 1.82) is 0 Å². The quantitative estimate of drug-likeness (QED) is 0.164. The Hall–Kier alpha value is -8.98. The lowest BCUT2D eigenvalue weighted by Crippen LogP contribution is -2.24. The van der Waals surface area contributed by atoms with Gasteiger partial charge in [-0.2, -0.15) is 0 Å². The largest absolute Gasteiger partial charge is 0.455 e. The summed E-state index contributed by atoms with van der Waals surface area (Å²) >= 11 is 1.82. The van der Waals surface area contributed by atoms with E-state index in [1.54, 1.807) is 0 Å². The van der Waals surface area contributed by atoms with Crippen LogP contribution in [0.3, 0.4) is 0 Å². The van der Waals surface area contributed by atoms with Crippen molar-refractivity contribution < 1.29 is 4.42 Å². The fourth-order valence-corrected chi connectivity index (χ4v) is 11.1. The first-order chi connectivity index (χ1) is 34.2. The zero-order valence-corrected chi connectivity index (χ0v) is 37.8. The van der Waals surface area contributed by atoms with E-state index in [-0.39, 0.29) is 0 Å². The summed E-state index contributed by atoms with van der Waals surface area (Å²) in [5.74, 6) is 1.72. The van der Waals surface area contributed by atoms with E-state index >= 15 is 0 Å². The standard InChI is InChI=1S/C61H38N6OS/c1-2-16-40(17-3-1)59-62-60(64-61(63-59)48-21-14-20-47-46-19-6-11-26-55(46)68-58(47)48)41-30-32-43(33-31-41)65-49-22-7-8-23-50(49)66(44-34-29-39-15-4-5-18-42(39)37-44)54-38-45(35-36-51(54)65)67-52-24-9-12-27-56(52)69-57-28-13-10-25-53(57)67/h1-38H. The second-order valence-corrected chi connectivity index (χ2v) is 18.3. The van der Waals surface area contributed by atoms with Crippen molar-refractivity contribution in [2.45, 2.75) is 9.79 Å². The number of fused-ring (bicyclic) bond motifs is 8. The van der Waals surface area contributed by atoms with Gasteiger partial charge >= 0.3 is 0 Å². The van der Waals surface area contributed by atoms with Gasteiger partial charge in [0.15, 0.2) is 17.5 Å². The van der Waals surface area contributed by atoms with Crippen molar-refractivity contribution in [2.75, 3.05) is 14.7 Å². The third-order valence-corrected chi connectivity index (χ3v) is 14.3. The highest BCUT2D eigenvalue weighted by Gasteiger charge is 2.33. The smallest absolute Gasteiger partial charge is 0.167 e. The van der Waals surface area contributed by atoms with Crippen molar-refractivity contribution in [1.82, 2.24) is 15.0 Å². The number of hydrogen-bond acceptors (Lipinski definition) is 8. The maximum absolute atomic E-state index is 6.48. The number of hydrogen-bond donors (Lipinski definition) is 0. The summed E-state index contributed by atoms with van der Waals surface area (Å²) in [5.41, 5.74) is 13.9. The van der Waals surface area contributed by atoms with Gasteiger partial charge in [0, 0.05) is 48.8 Å². The summed E-state index contributed by atoms with van der Waals surface area (Å²) in [6, 6.07) is 81.3. The molecule has 69 heavy (non-hydrogen) atoms. The SMILES string of the molecule is c1ccc(-c2nc(-c3ccc(N4c5ccccc5N(c5ccc6ccccc6c5)c5cc(N6c7ccccc7Sc7ccccc76)ccc54)cc3)nc(-c3cccc4c3oc3ccccc34)n2)cc1. The van der Waals surface area contributed by atoms with Gasteiger partial charge in [0.25, 0.3) is 0 Å². The Labute approximate surface area is 402 Å². The van der Waals surface area contributed by atoms with Gasteiger partial charge in [-0.1, -0.05) is 139 Å². The molecule has 10 aromatic carbocycles. The zero-order chi connectivity index (χ0) is 45.4. The summed E-state index contributed by atoms with van der Waals surface area (Å²) in [7, 11) is 0. The van der Waals surface area contributed by atoms with Gasteiger partial charge in [-0.25, -0.2) is 15.0 Å². The van der Waals surface area contributed by atoms with E-state index < -0.39 is 0 Å². The lowest BCUT2D eigenvalue weighted by atomic mass is 10.0. The highest BCUT2D eigenvalue weighted by atomic mass is 32.2. The lowest BCUT2D eigenvalue weighted by Gasteiger charge is -2.41. The van der Waals surface area contributed by atoms with Crippen LogP contribution in [0.2, 0.25) is 0 Å². The van der Waals surface area contributed by atoms with Gasteiger partial charge in [0.1, 0.15) is 11.2 Å². The summed E-state index contributed by atoms with van der Waals surface area (Å²) in [5, 5.41) is 4.47. The number of para-hydroxylation sites is 6. The van der Waals surface area contributed by atoms with Gasteiger partial charge in [-0.05, 0) is 114 Å². The number of furan rings is 1. The van der Waals surface area contributed by atoms with Crippen LogP contribution in [-0.2, 0) is 0 Å². The molecule has 0 atom stereocenters. The molecule has 0 fully saturated rings. The molecule has 0 saturated carbocycles. The summed E-state index contributed by atoms with van der Waals surface area (Å²) in [6.45, 7) is 0. The Kier molecular flexibility index (Phi) is 9.00. The minimum atomic E-state index is 0.550. The molecular formula is C61H38N6OS. The first-order valence-corrected chi connectivity index (χ1v) is 23.8. The predicted molar refractivity (Wildman–Crippen MR) is 283 cm³/mol. The molecule has 12 aromatic rings. The highest BCUT2D eigenvalue weighted by Crippen LogP contribution is 2.57. The fourth-order valence-electron chi connectivity index (χ4n) is 10.0. The van der Waals surface area contributed by atoms with Crippen molar-refractivity contribution in [3.05, 3.63) is 231 Å². The van der Waals surface area contributed by atoms with Gasteiger partial charge in [-0.3, -0.25) is 0 Å². The van der Waals surface area contributed by atoms with Crippen molar-refractivity contribution in [3.63, 3.8) is 0 Å². The normalized spacial score (nSPS) is 12.8. The van der Waals surface area contributed by atoms with E-state index in [2.05, 4.69) is 185 Å². The Balaban J connectivity index is 0.925. The molecule has 8 heteroatoms. The van der Waals surface area contributed by atoms with E-state index in [1.807, 2.05) is 72.4 Å². The second-order valence-electron chi connectivity index (χ2n) is 17.2. The van der Waals surface area contributed by atoms with E-state index in [9.17, 15) is 0 Å². The van der Waals surface area contributed by atoms with Crippen LogP contribution in [0.1, 0.15) is 0 Å². The molecule has 2 aliphatic rings. The molecule has 0 N–H and O–H groups in total. The van der Waals surface area contributed by atoms with Gasteiger partial charge in [-0.15, -0.1) is 0 Å². The topological polar surface area (TPSA) is 61.5 Å². The van der Waals surface area contributed by atoms with Crippen LogP contribution in [0.4, 0.5) is 51.2 Å². The molecule has 2 aromatic heterocycles. The van der Waals surface area contributed by atoms with Crippen LogP contribution in [-0.4, -0.2) is 15.0 Å². The number of anilines is 9. The van der Waals surface area contributed by atoms with Crippen LogP contribution in [0, 0.1) is 0 Å². The summed E-state index contributed by atoms with van der Waals surface area (Å²) < 4.78 is 6.48. The van der Waals surface area contributed by atoms with E-state index in [0.29, 0.717) is 17.5 Å². The lowest BCUT2D eigenvalue weighted by molar-refractivity contribution is 0.669. The summed E-state index contributed by atoms with van der Waals surface area (Å²) in [6.07, 6.45) is 0. The molecule has 0 aliphatic carbocycles. The average Bonchev–Trinajstić information content (AvgIpc) is 3.81.